The number of hydrogen-bond donors (Lipinski definition) is 2. The number of amides is 2. The first kappa shape index (κ1) is 19.2. The van der Waals surface area contributed by atoms with E-state index in [4.69, 9.17) is 4.42 Å². The first-order chi connectivity index (χ1) is 13.2. The number of hydrogen-bond acceptors (Lipinski definition) is 4. The van der Waals surface area contributed by atoms with E-state index >= 15 is 0 Å². The lowest BCUT2D eigenvalue weighted by atomic mass is 10.1. The van der Waals surface area contributed by atoms with Gasteiger partial charge in [-0.2, -0.15) is 0 Å². The van der Waals surface area contributed by atoms with Crippen LogP contribution in [0.3, 0.4) is 0 Å². The standard InChI is InChI=1S/C21H27N3O3/c25-20(22-11-10-18-9-5-15-27-18)16-19-21(26)23-12-14-24(19)13-4-8-17-6-2-1-3-7-17/h1-3,5-7,9,15,19H,4,8,10-14,16H2,(H,22,25)(H,23,26). The molecule has 1 saturated heterocycles. The van der Waals surface area contributed by atoms with Crippen LogP contribution in [-0.4, -0.2) is 48.9 Å². The van der Waals surface area contributed by atoms with Crippen molar-refractivity contribution in [1.82, 2.24) is 15.5 Å². The van der Waals surface area contributed by atoms with Crippen LogP contribution in [0.4, 0.5) is 0 Å². The van der Waals surface area contributed by atoms with Crippen LogP contribution in [-0.2, 0) is 22.4 Å². The quantitative estimate of drug-likeness (QED) is 0.706. The maximum Gasteiger partial charge on any atom is 0.237 e. The van der Waals surface area contributed by atoms with E-state index in [9.17, 15) is 9.59 Å². The summed E-state index contributed by atoms with van der Waals surface area (Å²) in [5.74, 6) is 0.687. The molecule has 1 aliphatic heterocycles. The van der Waals surface area contributed by atoms with Crippen molar-refractivity contribution in [3.63, 3.8) is 0 Å². The molecule has 1 unspecified atom stereocenters. The predicted octanol–water partition coefficient (Wildman–Crippen LogP) is 1.76. The maximum atomic E-state index is 12.3. The van der Waals surface area contributed by atoms with Crippen LogP contribution in [0.15, 0.2) is 53.1 Å². The maximum absolute atomic E-state index is 12.3. The molecule has 2 aromatic rings. The Morgan fingerprint density at radius 2 is 2.04 bits per heavy atom. The fourth-order valence-electron chi connectivity index (χ4n) is 3.41. The van der Waals surface area contributed by atoms with Crippen molar-refractivity contribution >= 4 is 11.8 Å². The third kappa shape index (κ3) is 5.96. The Hall–Kier alpha value is -2.60. The molecule has 2 amide bonds. The van der Waals surface area contributed by atoms with Crippen LogP contribution in [0, 0.1) is 0 Å². The van der Waals surface area contributed by atoms with Crippen LogP contribution < -0.4 is 10.6 Å². The van der Waals surface area contributed by atoms with Crippen molar-refractivity contribution in [3.05, 3.63) is 60.1 Å². The Labute approximate surface area is 159 Å². The second kappa shape index (κ2) is 9.92. The van der Waals surface area contributed by atoms with Crippen molar-refractivity contribution in [1.29, 1.82) is 0 Å². The van der Waals surface area contributed by atoms with Gasteiger partial charge in [0.25, 0.3) is 0 Å². The lowest BCUT2D eigenvalue weighted by Gasteiger charge is -2.34. The number of aryl methyl sites for hydroxylation is 1. The summed E-state index contributed by atoms with van der Waals surface area (Å²) in [6.07, 6.45) is 4.40. The molecule has 1 atom stereocenters. The average Bonchev–Trinajstić information content (AvgIpc) is 3.19. The highest BCUT2D eigenvalue weighted by Gasteiger charge is 2.31. The average molecular weight is 369 g/mol. The normalized spacial score (nSPS) is 17.5. The van der Waals surface area contributed by atoms with Crippen molar-refractivity contribution in [2.45, 2.75) is 31.7 Å². The zero-order valence-electron chi connectivity index (χ0n) is 15.5. The van der Waals surface area contributed by atoms with Crippen LogP contribution >= 0.6 is 0 Å². The van der Waals surface area contributed by atoms with Crippen LogP contribution in [0.2, 0.25) is 0 Å². The summed E-state index contributed by atoms with van der Waals surface area (Å²) in [6.45, 7) is 2.74. The summed E-state index contributed by atoms with van der Waals surface area (Å²) in [7, 11) is 0. The molecule has 0 aliphatic carbocycles. The molecule has 0 radical (unpaired) electrons. The van der Waals surface area contributed by atoms with E-state index in [1.165, 1.54) is 5.56 Å². The summed E-state index contributed by atoms with van der Waals surface area (Å²) in [4.78, 5) is 26.7. The summed E-state index contributed by atoms with van der Waals surface area (Å²) in [6, 6.07) is 13.7. The molecule has 1 aromatic heterocycles. The molecular formula is C21H27N3O3. The van der Waals surface area contributed by atoms with E-state index in [0.29, 0.717) is 19.5 Å². The van der Waals surface area contributed by atoms with Crippen molar-refractivity contribution < 1.29 is 14.0 Å². The second-order valence-corrected chi connectivity index (χ2v) is 6.82. The molecule has 0 saturated carbocycles. The molecule has 0 bridgehead atoms. The molecule has 0 spiro atoms. The van der Waals surface area contributed by atoms with E-state index < -0.39 is 6.04 Å². The van der Waals surface area contributed by atoms with Crippen molar-refractivity contribution in [2.24, 2.45) is 0 Å². The van der Waals surface area contributed by atoms with Gasteiger partial charge >= 0.3 is 0 Å². The number of piperazine rings is 1. The minimum Gasteiger partial charge on any atom is -0.469 e. The fourth-order valence-corrected chi connectivity index (χ4v) is 3.41. The lowest BCUT2D eigenvalue weighted by molar-refractivity contribution is -0.133. The highest BCUT2D eigenvalue weighted by atomic mass is 16.3. The predicted molar refractivity (Wildman–Crippen MR) is 103 cm³/mol. The van der Waals surface area contributed by atoms with Gasteiger partial charge in [-0.05, 0) is 37.1 Å². The summed E-state index contributed by atoms with van der Waals surface area (Å²) >= 11 is 0. The van der Waals surface area contributed by atoms with Gasteiger partial charge in [0.05, 0.1) is 18.7 Å². The van der Waals surface area contributed by atoms with Crippen molar-refractivity contribution in [3.8, 4) is 0 Å². The molecule has 3 rings (SSSR count). The van der Waals surface area contributed by atoms with Gasteiger partial charge in [-0.25, -0.2) is 0 Å². The van der Waals surface area contributed by atoms with E-state index in [1.807, 2.05) is 30.3 Å². The van der Waals surface area contributed by atoms with Gasteiger partial charge in [0, 0.05) is 26.1 Å². The van der Waals surface area contributed by atoms with Gasteiger partial charge in [-0.15, -0.1) is 0 Å². The molecule has 2 N–H and O–H groups in total. The monoisotopic (exact) mass is 369 g/mol. The molecule has 144 valence electrons. The number of nitrogens with one attached hydrogen (secondary N) is 2. The highest BCUT2D eigenvalue weighted by molar-refractivity contribution is 5.88. The highest BCUT2D eigenvalue weighted by Crippen LogP contribution is 2.11. The smallest absolute Gasteiger partial charge is 0.237 e. The molecule has 6 heteroatoms. The number of furan rings is 1. The minimum absolute atomic E-state index is 0.0536. The van der Waals surface area contributed by atoms with Gasteiger partial charge in [0.15, 0.2) is 0 Å². The third-order valence-corrected chi connectivity index (χ3v) is 4.85. The van der Waals surface area contributed by atoms with Gasteiger partial charge in [0.2, 0.25) is 11.8 Å². The zero-order valence-corrected chi connectivity index (χ0v) is 15.5. The third-order valence-electron chi connectivity index (χ3n) is 4.85. The molecule has 27 heavy (non-hydrogen) atoms. The Morgan fingerprint density at radius 1 is 1.19 bits per heavy atom. The first-order valence-electron chi connectivity index (χ1n) is 9.57. The van der Waals surface area contributed by atoms with Crippen LogP contribution in [0.5, 0.6) is 0 Å². The molecule has 2 heterocycles. The molecule has 1 aromatic carbocycles. The molecule has 1 aliphatic rings. The zero-order chi connectivity index (χ0) is 18.9. The van der Waals surface area contributed by atoms with E-state index in [0.717, 1.165) is 31.7 Å². The topological polar surface area (TPSA) is 74.6 Å². The number of benzene rings is 1. The number of carbonyl (C=O) groups excluding carboxylic acids is 2. The largest absolute Gasteiger partial charge is 0.469 e. The molecule has 6 nitrogen and oxygen atoms in total. The van der Waals surface area contributed by atoms with Crippen LogP contribution in [0.1, 0.15) is 24.2 Å². The minimum atomic E-state index is -0.391. The van der Waals surface area contributed by atoms with Crippen molar-refractivity contribution in [2.75, 3.05) is 26.2 Å². The van der Waals surface area contributed by atoms with Crippen LogP contribution in [0.25, 0.3) is 0 Å². The number of carbonyl (C=O) groups is 2. The molecular weight excluding hydrogens is 342 g/mol. The van der Waals surface area contributed by atoms with E-state index in [1.54, 1.807) is 6.26 Å². The summed E-state index contributed by atoms with van der Waals surface area (Å²) in [5, 5.41) is 5.76. The van der Waals surface area contributed by atoms with Gasteiger partial charge in [-0.1, -0.05) is 30.3 Å². The van der Waals surface area contributed by atoms with Gasteiger partial charge in [-0.3, -0.25) is 14.5 Å². The first-order valence-corrected chi connectivity index (χ1v) is 9.57. The van der Waals surface area contributed by atoms with E-state index in [2.05, 4.69) is 27.7 Å². The summed E-state index contributed by atoms with van der Waals surface area (Å²) in [5.41, 5.74) is 1.30. The SMILES string of the molecule is O=C(CC1C(=O)NCCN1CCCc1ccccc1)NCCc1ccco1. The Bertz CT molecular complexity index is 716. The lowest BCUT2D eigenvalue weighted by Crippen LogP contribution is -2.56. The van der Waals surface area contributed by atoms with Gasteiger partial charge < -0.3 is 15.1 Å². The Kier molecular flexibility index (Phi) is 7.04. The Balaban J connectivity index is 1.44. The molecule has 1 fully saturated rings. The number of rotatable bonds is 9. The second-order valence-electron chi connectivity index (χ2n) is 6.82. The summed E-state index contributed by atoms with van der Waals surface area (Å²) < 4.78 is 5.26. The Morgan fingerprint density at radius 3 is 2.81 bits per heavy atom. The van der Waals surface area contributed by atoms with Gasteiger partial charge in [0.1, 0.15) is 5.76 Å². The van der Waals surface area contributed by atoms with E-state index in [-0.39, 0.29) is 18.2 Å². The fraction of sp³-hybridized carbons (Fsp3) is 0.429. The number of nitrogens with zero attached hydrogens (tertiary/aromatic N) is 1.